The van der Waals surface area contributed by atoms with Crippen LogP contribution < -0.4 is 5.32 Å². The number of piperidine rings is 1. The molecule has 0 aliphatic carbocycles. The number of anilines is 1. The van der Waals surface area contributed by atoms with Gasteiger partial charge in [-0.1, -0.05) is 30.3 Å². The minimum atomic E-state index is -0.312. The van der Waals surface area contributed by atoms with Crippen molar-refractivity contribution in [2.24, 2.45) is 0 Å². The molecule has 1 unspecified atom stereocenters. The number of aromatic nitrogens is 1. The summed E-state index contributed by atoms with van der Waals surface area (Å²) >= 11 is 1.38. The van der Waals surface area contributed by atoms with E-state index in [1.807, 2.05) is 35.7 Å². The first-order valence-electron chi connectivity index (χ1n) is 9.36. The van der Waals surface area contributed by atoms with Crippen molar-refractivity contribution in [1.29, 1.82) is 0 Å². The first-order chi connectivity index (χ1) is 13.7. The molecule has 1 aromatic carbocycles. The van der Waals surface area contributed by atoms with Gasteiger partial charge in [-0.3, -0.25) is 9.69 Å². The Labute approximate surface area is 167 Å². The van der Waals surface area contributed by atoms with Crippen LogP contribution in [0.5, 0.6) is 0 Å². The Hall–Kier alpha value is -2.48. The van der Waals surface area contributed by atoms with E-state index < -0.39 is 0 Å². The molecule has 1 aliphatic rings. The van der Waals surface area contributed by atoms with E-state index in [4.69, 9.17) is 4.42 Å². The lowest BCUT2D eigenvalue weighted by Gasteiger charge is -2.42. The van der Waals surface area contributed by atoms with Crippen molar-refractivity contribution in [2.45, 2.75) is 18.3 Å². The number of amides is 1. The summed E-state index contributed by atoms with van der Waals surface area (Å²) in [6.07, 6.45) is 3.47. The van der Waals surface area contributed by atoms with Gasteiger partial charge < -0.3 is 14.8 Å². The van der Waals surface area contributed by atoms with Gasteiger partial charge >= 0.3 is 0 Å². The molecule has 0 bridgehead atoms. The molecule has 3 heterocycles. The van der Waals surface area contributed by atoms with Crippen molar-refractivity contribution in [3.05, 3.63) is 59.7 Å². The number of likely N-dealkylation sites (tertiary alicyclic amines) is 1. The van der Waals surface area contributed by atoms with E-state index in [0.717, 1.165) is 24.9 Å². The largest absolute Gasteiger partial charge is 0.463 e. The van der Waals surface area contributed by atoms with Crippen molar-refractivity contribution in [3.8, 4) is 11.5 Å². The third-order valence-electron chi connectivity index (χ3n) is 5.24. The molecule has 1 amide bonds. The predicted octanol–water partition coefficient (Wildman–Crippen LogP) is 3.37. The lowest BCUT2D eigenvalue weighted by Crippen LogP contribution is -2.50. The Bertz CT molecular complexity index is 910. The van der Waals surface area contributed by atoms with Crippen LogP contribution in [-0.4, -0.2) is 47.1 Å². The van der Waals surface area contributed by atoms with Crippen LogP contribution in [-0.2, 0) is 10.2 Å². The molecule has 3 aromatic rings. The molecule has 4 rings (SSSR count). The number of hydrogen-bond acceptors (Lipinski definition) is 6. The second kappa shape index (κ2) is 8.26. The number of thiazole rings is 1. The molecule has 0 spiro atoms. The number of benzene rings is 1. The number of furan rings is 1. The maximum absolute atomic E-state index is 12.5. The quantitative estimate of drug-likeness (QED) is 0.667. The summed E-state index contributed by atoms with van der Waals surface area (Å²) in [6.45, 7) is 1.87. The molecule has 1 atom stereocenters. The molecule has 28 heavy (non-hydrogen) atoms. The molecule has 1 aliphatic heterocycles. The first kappa shape index (κ1) is 18.9. The van der Waals surface area contributed by atoms with Crippen LogP contribution in [0.15, 0.2) is 58.5 Å². The first-order valence-corrected chi connectivity index (χ1v) is 10.2. The molecule has 0 saturated carbocycles. The molecular formula is C21H23N3O3S. The number of nitrogens with one attached hydrogen (secondary N) is 1. The van der Waals surface area contributed by atoms with Gasteiger partial charge in [0.1, 0.15) is 5.69 Å². The maximum Gasteiger partial charge on any atom is 0.240 e. The summed E-state index contributed by atoms with van der Waals surface area (Å²) in [7, 11) is 0. The zero-order valence-corrected chi connectivity index (χ0v) is 16.3. The molecule has 146 valence electrons. The Morgan fingerprint density at radius 2 is 2.14 bits per heavy atom. The summed E-state index contributed by atoms with van der Waals surface area (Å²) < 4.78 is 5.34. The molecule has 2 aromatic heterocycles. The van der Waals surface area contributed by atoms with E-state index in [1.54, 1.807) is 6.26 Å². The molecule has 1 saturated heterocycles. The second-order valence-corrected chi connectivity index (χ2v) is 8.04. The highest BCUT2D eigenvalue weighted by molar-refractivity contribution is 7.14. The zero-order chi connectivity index (χ0) is 19.4. The van der Waals surface area contributed by atoms with Crippen LogP contribution in [0.4, 0.5) is 5.13 Å². The van der Waals surface area contributed by atoms with Crippen molar-refractivity contribution >= 4 is 22.4 Å². The molecule has 2 N–H and O–H groups in total. The molecule has 1 fully saturated rings. The van der Waals surface area contributed by atoms with Crippen LogP contribution >= 0.6 is 11.3 Å². The number of aliphatic hydroxyl groups is 1. The van der Waals surface area contributed by atoms with Gasteiger partial charge in [0.15, 0.2) is 10.9 Å². The number of rotatable bonds is 6. The summed E-state index contributed by atoms with van der Waals surface area (Å²) in [6, 6.07) is 13.7. The van der Waals surface area contributed by atoms with Crippen molar-refractivity contribution in [1.82, 2.24) is 9.88 Å². The lowest BCUT2D eigenvalue weighted by atomic mass is 9.75. The van der Waals surface area contributed by atoms with Gasteiger partial charge in [-0.05, 0) is 37.1 Å². The highest BCUT2D eigenvalue weighted by Crippen LogP contribution is 2.33. The van der Waals surface area contributed by atoms with Gasteiger partial charge in [0.2, 0.25) is 5.91 Å². The van der Waals surface area contributed by atoms with Gasteiger partial charge in [0.05, 0.1) is 19.4 Å². The van der Waals surface area contributed by atoms with E-state index in [0.29, 0.717) is 23.1 Å². The van der Waals surface area contributed by atoms with Crippen molar-refractivity contribution < 1.29 is 14.3 Å². The lowest BCUT2D eigenvalue weighted by molar-refractivity contribution is -0.118. The summed E-state index contributed by atoms with van der Waals surface area (Å²) in [5.74, 6) is 0.588. The van der Waals surface area contributed by atoms with Gasteiger partial charge in [0, 0.05) is 17.3 Å². The number of carbonyl (C=O) groups is 1. The zero-order valence-electron chi connectivity index (χ0n) is 15.5. The Morgan fingerprint density at radius 1 is 1.29 bits per heavy atom. The number of hydrogen-bond donors (Lipinski definition) is 2. The maximum atomic E-state index is 12.5. The fraction of sp³-hybridized carbons (Fsp3) is 0.333. The minimum absolute atomic E-state index is 0.0775. The smallest absolute Gasteiger partial charge is 0.240 e. The standard InChI is InChI=1S/C21H23N3O3S/c25-15-21(16-6-2-1-3-7-16)9-5-10-24(14-21)12-19(26)23-20-22-17(13-28-20)18-8-4-11-27-18/h1-4,6-8,11,13,25H,5,9-10,12,14-15H2,(H,22,23,26). The predicted molar refractivity (Wildman–Crippen MR) is 109 cm³/mol. The molecule has 7 heteroatoms. The fourth-order valence-corrected chi connectivity index (χ4v) is 4.56. The third-order valence-corrected chi connectivity index (χ3v) is 5.99. The normalized spacial score (nSPS) is 20.2. The van der Waals surface area contributed by atoms with Crippen LogP contribution in [0.1, 0.15) is 18.4 Å². The third kappa shape index (κ3) is 4.01. The monoisotopic (exact) mass is 397 g/mol. The van der Waals surface area contributed by atoms with E-state index in [1.165, 1.54) is 11.3 Å². The number of aliphatic hydroxyl groups excluding tert-OH is 1. The second-order valence-electron chi connectivity index (χ2n) is 7.18. The van der Waals surface area contributed by atoms with Gasteiger partial charge in [-0.15, -0.1) is 11.3 Å². The van der Waals surface area contributed by atoms with Crippen molar-refractivity contribution in [2.75, 3.05) is 31.6 Å². The topological polar surface area (TPSA) is 78.6 Å². The fourth-order valence-electron chi connectivity index (χ4n) is 3.84. The Morgan fingerprint density at radius 3 is 2.89 bits per heavy atom. The summed E-state index contributed by atoms with van der Waals surface area (Å²) in [5.41, 5.74) is 1.53. The van der Waals surface area contributed by atoms with Crippen LogP contribution in [0.2, 0.25) is 0 Å². The highest BCUT2D eigenvalue weighted by atomic mass is 32.1. The molecular weight excluding hydrogens is 374 g/mol. The average molecular weight is 398 g/mol. The van der Waals surface area contributed by atoms with Crippen molar-refractivity contribution in [3.63, 3.8) is 0 Å². The van der Waals surface area contributed by atoms with E-state index in [9.17, 15) is 9.90 Å². The van der Waals surface area contributed by atoms with Gasteiger partial charge in [-0.2, -0.15) is 0 Å². The average Bonchev–Trinajstić information content (AvgIpc) is 3.40. The van der Waals surface area contributed by atoms with E-state index in [2.05, 4.69) is 27.3 Å². The van der Waals surface area contributed by atoms with Crippen LogP contribution in [0, 0.1) is 0 Å². The van der Waals surface area contributed by atoms with Gasteiger partial charge in [0.25, 0.3) is 0 Å². The SMILES string of the molecule is O=C(CN1CCCC(CO)(c2ccccc2)C1)Nc1nc(-c2ccco2)cs1. The van der Waals surface area contributed by atoms with Gasteiger partial charge in [-0.25, -0.2) is 4.98 Å². The van der Waals surface area contributed by atoms with Crippen LogP contribution in [0.25, 0.3) is 11.5 Å². The van der Waals surface area contributed by atoms with Crippen LogP contribution in [0.3, 0.4) is 0 Å². The Balaban J connectivity index is 1.39. The minimum Gasteiger partial charge on any atom is -0.463 e. The summed E-state index contributed by atoms with van der Waals surface area (Å²) in [4.78, 5) is 19.1. The number of carbonyl (C=O) groups excluding carboxylic acids is 1. The number of nitrogens with zero attached hydrogens (tertiary/aromatic N) is 2. The van der Waals surface area contributed by atoms with E-state index >= 15 is 0 Å². The molecule has 6 nitrogen and oxygen atoms in total. The molecule has 0 radical (unpaired) electrons. The summed E-state index contributed by atoms with van der Waals surface area (Å²) in [5, 5.41) is 15.4. The Kier molecular flexibility index (Phi) is 5.57. The van der Waals surface area contributed by atoms with E-state index in [-0.39, 0.29) is 24.5 Å². The highest BCUT2D eigenvalue weighted by Gasteiger charge is 2.37.